The Morgan fingerprint density at radius 2 is 1.74 bits per heavy atom. The molecule has 2 rings (SSSR count). The van der Waals surface area contributed by atoms with Gasteiger partial charge in [-0.15, -0.1) is 0 Å². The zero-order valence-electron chi connectivity index (χ0n) is 13.0. The molecule has 0 aliphatic heterocycles. The molecule has 23 heavy (non-hydrogen) atoms. The summed E-state index contributed by atoms with van der Waals surface area (Å²) in [6.07, 6.45) is -0.200. The minimum atomic E-state index is -0.540. The van der Waals surface area contributed by atoms with Gasteiger partial charge < -0.3 is 21.5 Å². The van der Waals surface area contributed by atoms with Gasteiger partial charge in [-0.25, -0.2) is 0 Å². The van der Waals surface area contributed by atoms with Crippen molar-refractivity contribution in [1.29, 1.82) is 0 Å². The van der Waals surface area contributed by atoms with E-state index in [4.69, 9.17) is 5.73 Å². The van der Waals surface area contributed by atoms with Crippen molar-refractivity contribution in [1.82, 2.24) is 10.6 Å². The number of nitrogens with one attached hydrogen (secondary N) is 2. The SMILES string of the molecule is Nc1ccc(CC(=O)NCCNCC(O)c2ccccc2)cc1. The fourth-order valence-corrected chi connectivity index (χ4v) is 2.21. The zero-order chi connectivity index (χ0) is 16.5. The number of benzene rings is 2. The Balaban J connectivity index is 1.60. The quantitative estimate of drug-likeness (QED) is 0.436. The molecule has 0 aliphatic carbocycles. The molecular weight excluding hydrogens is 290 g/mol. The highest BCUT2D eigenvalue weighted by Crippen LogP contribution is 2.10. The summed E-state index contributed by atoms with van der Waals surface area (Å²) >= 11 is 0. The molecule has 0 fully saturated rings. The number of hydrogen-bond donors (Lipinski definition) is 4. The predicted molar refractivity (Wildman–Crippen MR) is 91.8 cm³/mol. The van der Waals surface area contributed by atoms with Crippen molar-refractivity contribution in [2.75, 3.05) is 25.4 Å². The molecule has 5 nitrogen and oxygen atoms in total. The van der Waals surface area contributed by atoms with Gasteiger partial charge in [0.25, 0.3) is 0 Å². The van der Waals surface area contributed by atoms with Crippen molar-refractivity contribution in [2.24, 2.45) is 0 Å². The Labute approximate surface area is 136 Å². The maximum Gasteiger partial charge on any atom is 0.224 e. The monoisotopic (exact) mass is 313 g/mol. The Kier molecular flexibility index (Phi) is 6.59. The molecule has 1 amide bonds. The van der Waals surface area contributed by atoms with Gasteiger partial charge in [0.2, 0.25) is 5.91 Å². The lowest BCUT2D eigenvalue weighted by molar-refractivity contribution is -0.120. The van der Waals surface area contributed by atoms with Gasteiger partial charge in [-0.3, -0.25) is 4.79 Å². The molecular formula is C18H23N3O2. The van der Waals surface area contributed by atoms with E-state index in [9.17, 15) is 9.90 Å². The third-order valence-electron chi connectivity index (χ3n) is 3.49. The van der Waals surface area contributed by atoms with Crippen molar-refractivity contribution in [3.8, 4) is 0 Å². The Morgan fingerprint density at radius 1 is 1.04 bits per heavy atom. The van der Waals surface area contributed by atoms with Gasteiger partial charge in [0.1, 0.15) is 0 Å². The lowest BCUT2D eigenvalue weighted by Crippen LogP contribution is -2.34. The van der Waals surface area contributed by atoms with E-state index >= 15 is 0 Å². The van der Waals surface area contributed by atoms with Crippen LogP contribution in [0.2, 0.25) is 0 Å². The van der Waals surface area contributed by atoms with Crippen LogP contribution in [-0.4, -0.2) is 30.6 Å². The molecule has 122 valence electrons. The second-order valence-corrected chi connectivity index (χ2v) is 5.40. The van der Waals surface area contributed by atoms with Crippen LogP contribution in [0, 0.1) is 0 Å². The molecule has 0 saturated heterocycles. The maximum atomic E-state index is 11.8. The summed E-state index contributed by atoms with van der Waals surface area (Å²) in [7, 11) is 0. The minimum absolute atomic E-state index is 0.0276. The van der Waals surface area contributed by atoms with Crippen LogP contribution in [0.3, 0.4) is 0 Å². The van der Waals surface area contributed by atoms with Gasteiger partial charge in [-0.05, 0) is 23.3 Å². The van der Waals surface area contributed by atoms with E-state index in [-0.39, 0.29) is 5.91 Å². The van der Waals surface area contributed by atoms with E-state index in [0.717, 1.165) is 11.1 Å². The Bertz CT molecular complexity index is 599. The third kappa shape index (κ3) is 6.10. The van der Waals surface area contributed by atoms with Crippen LogP contribution >= 0.6 is 0 Å². The summed E-state index contributed by atoms with van der Waals surface area (Å²) in [5, 5.41) is 16.0. The molecule has 0 saturated carbocycles. The van der Waals surface area contributed by atoms with Gasteiger partial charge in [-0.2, -0.15) is 0 Å². The topological polar surface area (TPSA) is 87.4 Å². The number of amides is 1. The van der Waals surface area contributed by atoms with Crippen molar-refractivity contribution >= 4 is 11.6 Å². The summed E-state index contributed by atoms with van der Waals surface area (Å²) in [5.41, 5.74) is 8.11. The number of aliphatic hydroxyl groups excluding tert-OH is 1. The average molecular weight is 313 g/mol. The van der Waals surface area contributed by atoms with Crippen molar-refractivity contribution in [3.05, 3.63) is 65.7 Å². The van der Waals surface area contributed by atoms with Gasteiger partial charge >= 0.3 is 0 Å². The first-order chi connectivity index (χ1) is 11.1. The molecule has 0 aromatic heterocycles. The molecule has 0 spiro atoms. The molecule has 1 unspecified atom stereocenters. The first kappa shape index (κ1) is 17.0. The summed E-state index contributed by atoms with van der Waals surface area (Å²) < 4.78 is 0. The lowest BCUT2D eigenvalue weighted by atomic mass is 10.1. The van der Waals surface area contributed by atoms with Crippen molar-refractivity contribution in [2.45, 2.75) is 12.5 Å². The molecule has 2 aromatic carbocycles. The summed E-state index contributed by atoms with van der Waals surface area (Å²) in [6, 6.07) is 16.8. The highest BCUT2D eigenvalue weighted by atomic mass is 16.3. The van der Waals surface area contributed by atoms with Crippen LogP contribution < -0.4 is 16.4 Å². The number of hydrogen-bond acceptors (Lipinski definition) is 4. The fraction of sp³-hybridized carbons (Fsp3) is 0.278. The molecule has 5 heteroatoms. The minimum Gasteiger partial charge on any atom is -0.399 e. The number of anilines is 1. The fourth-order valence-electron chi connectivity index (χ4n) is 2.21. The van der Waals surface area contributed by atoms with E-state index < -0.39 is 6.10 Å². The van der Waals surface area contributed by atoms with Crippen molar-refractivity contribution in [3.63, 3.8) is 0 Å². The van der Waals surface area contributed by atoms with E-state index in [2.05, 4.69) is 10.6 Å². The van der Waals surface area contributed by atoms with Gasteiger partial charge in [0.05, 0.1) is 12.5 Å². The van der Waals surface area contributed by atoms with Gasteiger partial charge in [0, 0.05) is 25.3 Å². The van der Waals surface area contributed by atoms with Gasteiger partial charge in [0.15, 0.2) is 0 Å². The number of nitrogens with two attached hydrogens (primary N) is 1. The number of carbonyl (C=O) groups is 1. The van der Waals surface area contributed by atoms with Crippen LogP contribution in [0.15, 0.2) is 54.6 Å². The molecule has 0 aliphatic rings. The maximum absolute atomic E-state index is 11.8. The second kappa shape index (κ2) is 8.92. The van der Waals surface area contributed by atoms with E-state index in [1.165, 1.54) is 0 Å². The number of nitrogen functional groups attached to an aromatic ring is 1. The molecule has 0 heterocycles. The normalized spacial score (nSPS) is 11.9. The van der Waals surface area contributed by atoms with E-state index in [1.54, 1.807) is 12.1 Å². The summed E-state index contributed by atoms with van der Waals surface area (Å²) in [6.45, 7) is 1.59. The van der Waals surface area contributed by atoms with Crippen LogP contribution in [-0.2, 0) is 11.2 Å². The second-order valence-electron chi connectivity index (χ2n) is 5.40. The van der Waals surface area contributed by atoms with Crippen LogP contribution in [0.1, 0.15) is 17.2 Å². The molecule has 0 bridgehead atoms. The number of aliphatic hydroxyl groups is 1. The third-order valence-corrected chi connectivity index (χ3v) is 3.49. The average Bonchev–Trinajstić information content (AvgIpc) is 2.57. The molecule has 2 aromatic rings. The highest BCUT2D eigenvalue weighted by Gasteiger charge is 2.06. The summed E-state index contributed by atoms with van der Waals surface area (Å²) in [5.74, 6) is -0.0276. The molecule has 5 N–H and O–H groups in total. The Hall–Kier alpha value is -2.37. The van der Waals surface area contributed by atoms with Crippen LogP contribution in [0.4, 0.5) is 5.69 Å². The Morgan fingerprint density at radius 3 is 2.43 bits per heavy atom. The van der Waals surface area contributed by atoms with Crippen LogP contribution in [0.25, 0.3) is 0 Å². The number of rotatable bonds is 8. The van der Waals surface area contributed by atoms with Crippen LogP contribution in [0.5, 0.6) is 0 Å². The molecule has 0 radical (unpaired) electrons. The number of carbonyl (C=O) groups excluding carboxylic acids is 1. The largest absolute Gasteiger partial charge is 0.399 e. The first-order valence-electron chi connectivity index (χ1n) is 7.70. The zero-order valence-corrected chi connectivity index (χ0v) is 13.0. The highest BCUT2D eigenvalue weighted by molar-refractivity contribution is 5.78. The van der Waals surface area contributed by atoms with Gasteiger partial charge in [-0.1, -0.05) is 42.5 Å². The predicted octanol–water partition coefficient (Wildman–Crippen LogP) is 1.25. The lowest BCUT2D eigenvalue weighted by Gasteiger charge is -2.12. The smallest absolute Gasteiger partial charge is 0.224 e. The van der Waals surface area contributed by atoms with E-state index in [0.29, 0.717) is 31.7 Å². The summed E-state index contributed by atoms with van der Waals surface area (Å²) in [4.78, 5) is 11.8. The molecule has 1 atom stereocenters. The standard InChI is InChI=1S/C18H23N3O2/c19-16-8-6-14(7-9-16)12-18(23)21-11-10-20-13-17(22)15-4-2-1-3-5-15/h1-9,17,20,22H,10-13,19H2,(H,21,23). The first-order valence-corrected chi connectivity index (χ1v) is 7.70. The van der Waals surface area contributed by atoms with Crippen molar-refractivity contribution < 1.29 is 9.90 Å². The van der Waals surface area contributed by atoms with E-state index in [1.807, 2.05) is 42.5 Å².